The van der Waals surface area contributed by atoms with Crippen LogP contribution in [-0.2, 0) is 19.2 Å². The molecule has 26 heavy (non-hydrogen) atoms. The number of hydrogen-bond acceptors (Lipinski definition) is 6. The summed E-state index contributed by atoms with van der Waals surface area (Å²) in [6, 6.07) is -3.20. The lowest BCUT2D eigenvalue weighted by Gasteiger charge is -2.22. The zero-order valence-corrected chi connectivity index (χ0v) is 14.6. The second-order valence-corrected chi connectivity index (χ2v) is 5.70. The lowest BCUT2D eigenvalue weighted by atomic mass is 10.1. The van der Waals surface area contributed by atoms with E-state index in [9.17, 15) is 19.2 Å². The smallest absolute Gasteiger partial charge is 0.326 e. The van der Waals surface area contributed by atoms with E-state index in [1.165, 1.54) is 6.92 Å². The summed E-state index contributed by atoms with van der Waals surface area (Å²) >= 11 is 0. The highest BCUT2D eigenvalue weighted by molar-refractivity contribution is 5.91. The van der Waals surface area contributed by atoms with E-state index in [1.54, 1.807) is 0 Å². The molecule has 0 aliphatic heterocycles. The molecule has 12 heteroatoms. The molecule has 12 nitrogen and oxygen atoms in total. The third-order valence-electron chi connectivity index (χ3n) is 3.29. The highest BCUT2D eigenvalue weighted by Gasteiger charge is 2.27. The van der Waals surface area contributed by atoms with Crippen molar-refractivity contribution in [3.8, 4) is 0 Å². The highest BCUT2D eigenvalue weighted by Crippen LogP contribution is 2.03. The Bertz CT molecular complexity index is 546. The van der Waals surface area contributed by atoms with Crippen molar-refractivity contribution in [3.63, 3.8) is 0 Å². The molecule has 0 aromatic rings. The van der Waals surface area contributed by atoms with Crippen molar-refractivity contribution in [2.75, 3.05) is 6.54 Å². The molecule has 0 bridgehead atoms. The van der Waals surface area contributed by atoms with Gasteiger partial charge in [-0.1, -0.05) is 0 Å². The number of nitrogens with zero attached hydrogens (tertiary/aromatic N) is 1. The van der Waals surface area contributed by atoms with Crippen LogP contribution in [0.25, 0.3) is 0 Å². The maximum atomic E-state index is 12.4. The molecule has 0 rings (SSSR count). The van der Waals surface area contributed by atoms with Gasteiger partial charge in [0.1, 0.15) is 12.1 Å². The van der Waals surface area contributed by atoms with Crippen molar-refractivity contribution in [1.82, 2.24) is 10.6 Å². The van der Waals surface area contributed by atoms with E-state index in [2.05, 4.69) is 15.6 Å². The molecular weight excluding hydrogens is 346 g/mol. The summed E-state index contributed by atoms with van der Waals surface area (Å²) in [5, 5.41) is 13.9. The maximum Gasteiger partial charge on any atom is 0.326 e. The first-order valence-corrected chi connectivity index (χ1v) is 7.97. The third-order valence-corrected chi connectivity index (χ3v) is 3.29. The summed E-state index contributed by atoms with van der Waals surface area (Å²) < 4.78 is 0. The first-order valence-electron chi connectivity index (χ1n) is 7.97. The van der Waals surface area contributed by atoms with E-state index >= 15 is 0 Å². The molecule has 3 amide bonds. The molecule has 0 saturated heterocycles. The van der Waals surface area contributed by atoms with Gasteiger partial charge in [-0.25, -0.2) is 4.79 Å². The van der Waals surface area contributed by atoms with Gasteiger partial charge >= 0.3 is 5.97 Å². The van der Waals surface area contributed by atoms with E-state index < -0.39 is 41.8 Å². The van der Waals surface area contributed by atoms with Crippen molar-refractivity contribution in [3.05, 3.63) is 0 Å². The van der Waals surface area contributed by atoms with Crippen LogP contribution in [0.2, 0.25) is 0 Å². The summed E-state index contributed by atoms with van der Waals surface area (Å²) in [6.07, 6.45) is 0.133. The molecule has 0 radical (unpaired) electrons. The van der Waals surface area contributed by atoms with Crippen molar-refractivity contribution in [1.29, 1.82) is 0 Å². The fourth-order valence-corrected chi connectivity index (χ4v) is 1.89. The lowest BCUT2D eigenvalue weighted by molar-refractivity contribution is -0.142. The normalized spacial score (nSPS) is 13.8. The van der Waals surface area contributed by atoms with Crippen molar-refractivity contribution in [2.24, 2.45) is 27.9 Å². The first kappa shape index (κ1) is 23.1. The summed E-state index contributed by atoms with van der Waals surface area (Å²) in [6.45, 7) is 1.67. The molecule has 11 N–H and O–H groups in total. The Labute approximate surface area is 150 Å². The molecular formula is C14H27N7O5. The van der Waals surface area contributed by atoms with Gasteiger partial charge in [0.15, 0.2) is 5.96 Å². The number of hydrogen-bond donors (Lipinski definition) is 7. The summed E-state index contributed by atoms with van der Waals surface area (Å²) in [4.78, 5) is 49.9. The number of rotatable bonds is 12. The van der Waals surface area contributed by atoms with Crippen molar-refractivity contribution < 1.29 is 24.3 Å². The molecule has 0 fully saturated rings. The zero-order chi connectivity index (χ0) is 20.3. The zero-order valence-electron chi connectivity index (χ0n) is 14.6. The van der Waals surface area contributed by atoms with E-state index in [0.29, 0.717) is 6.42 Å². The number of guanidine groups is 1. The highest BCUT2D eigenvalue weighted by atomic mass is 16.4. The molecule has 0 aliphatic carbocycles. The van der Waals surface area contributed by atoms with Gasteiger partial charge in [0.2, 0.25) is 17.7 Å². The van der Waals surface area contributed by atoms with Crippen LogP contribution in [0, 0.1) is 0 Å². The van der Waals surface area contributed by atoms with Gasteiger partial charge in [-0.15, -0.1) is 0 Å². The van der Waals surface area contributed by atoms with Gasteiger partial charge in [-0.2, -0.15) is 0 Å². The number of nitrogens with two attached hydrogens (primary N) is 4. The van der Waals surface area contributed by atoms with E-state index in [-0.39, 0.29) is 31.8 Å². The van der Waals surface area contributed by atoms with Crippen LogP contribution >= 0.6 is 0 Å². The van der Waals surface area contributed by atoms with Gasteiger partial charge < -0.3 is 38.7 Å². The van der Waals surface area contributed by atoms with Gasteiger partial charge in [0.25, 0.3) is 0 Å². The molecule has 0 spiro atoms. The number of carboxylic acid groups (broad SMARTS) is 1. The summed E-state index contributed by atoms with van der Waals surface area (Å²) in [5.74, 6) is -3.42. The van der Waals surface area contributed by atoms with Crippen LogP contribution in [0.3, 0.4) is 0 Å². The molecule has 3 atom stereocenters. The molecule has 0 aromatic carbocycles. The Balaban J connectivity index is 4.97. The second-order valence-electron chi connectivity index (χ2n) is 5.70. The number of nitrogens with one attached hydrogen (secondary N) is 2. The van der Waals surface area contributed by atoms with Crippen molar-refractivity contribution >= 4 is 29.7 Å². The van der Waals surface area contributed by atoms with Gasteiger partial charge in [0.05, 0.1) is 6.04 Å². The lowest BCUT2D eigenvalue weighted by Crippen LogP contribution is -2.54. The Hall–Kier alpha value is -2.89. The van der Waals surface area contributed by atoms with Gasteiger partial charge in [-0.05, 0) is 26.2 Å². The molecule has 0 heterocycles. The Morgan fingerprint density at radius 2 is 1.58 bits per heavy atom. The fraction of sp³-hybridized carbons (Fsp3) is 0.643. The second kappa shape index (κ2) is 11.6. The van der Waals surface area contributed by atoms with Gasteiger partial charge in [-0.3, -0.25) is 19.4 Å². The Kier molecular flexibility index (Phi) is 10.3. The molecule has 0 aliphatic rings. The minimum Gasteiger partial charge on any atom is -0.480 e. The number of aliphatic imine (C=N–C) groups is 1. The molecule has 0 saturated carbocycles. The predicted octanol–water partition coefficient (Wildman–Crippen LogP) is -3.29. The quantitative estimate of drug-likeness (QED) is 0.104. The average Bonchev–Trinajstić information content (AvgIpc) is 2.52. The number of primary amides is 1. The fourth-order valence-electron chi connectivity index (χ4n) is 1.89. The van der Waals surface area contributed by atoms with E-state index in [4.69, 9.17) is 28.0 Å². The third kappa shape index (κ3) is 10.1. The number of carboxylic acids is 1. The van der Waals surface area contributed by atoms with Crippen LogP contribution in [0.4, 0.5) is 0 Å². The standard InChI is InChI=1S/C14H27N7O5/c1-7(15)11(23)20-8(3-2-6-19-14(17)18)12(24)21-9(13(25)26)4-5-10(16)22/h7-9H,2-6,15H2,1H3,(H2,16,22)(H,20,23)(H,21,24)(H,25,26)(H4,17,18,19). The predicted molar refractivity (Wildman–Crippen MR) is 93.5 cm³/mol. The summed E-state index contributed by atoms with van der Waals surface area (Å²) in [5.41, 5.74) is 20.9. The number of aliphatic carboxylic acids is 1. The molecule has 3 unspecified atom stereocenters. The van der Waals surface area contributed by atoms with Crippen LogP contribution in [0.1, 0.15) is 32.6 Å². The van der Waals surface area contributed by atoms with Crippen molar-refractivity contribution in [2.45, 2.75) is 50.7 Å². The largest absolute Gasteiger partial charge is 0.480 e. The monoisotopic (exact) mass is 373 g/mol. The summed E-state index contributed by atoms with van der Waals surface area (Å²) in [7, 11) is 0. The minimum absolute atomic E-state index is 0.108. The van der Waals surface area contributed by atoms with Crippen LogP contribution < -0.4 is 33.6 Å². The SMILES string of the molecule is CC(N)C(=O)NC(CCCN=C(N)N)C(=O)NC(CCC(N)=O)C(=O)O. The number of carbonyl (C=O) groups is 4. The number of carbonyl (C=O) groups excluding carboxylic acids is 3. The van der Waals surface area contributed by atoms with Crippen LogP contribution in [0.15, 0.2) is 4.99 Å². The molecule has 148 valence electrons. The Morgan fingerprint density at radius 1 is 1.00 bits per heavy atom. The van der Waals surface area contributed by atoms with Crippen LogP contribution in [0.5, 0.6) is 0 Å². The average molecular weight is 373 g/mol. The number of amides is 3. The first-order chi connectivity index (χ1) is 12.0. The van der Waals surface area contributed by atoms with E-state index in [0.717, 1.165) is 0 Å². The Morgan fingerprint density at radius 3 is 2.04 bits per heavy atom. The van der Waals surface area contributed by atoms with E-state index in [1.807, 2.05) is 0 Å². The molecule has 0 aromatic heterocycles. The minimum atomic E-state index is -1.32. The van der Waals surface area contributed by atoms with Gasteiger partial charge in [0, 0.05) is 13.0 Å². The van der Waals surface area contributed by atoms with Crippen LogP contribution in [-0.4, -0.2) is 59.4 Å². The maximum absolute atomic E-state index is 12.4. The topological polar surface area (TPSA) is 229 Å².